The Labute approximate surface area is 77.5 Å². The molecule has 0 radical (unpaired) electrons. The minimum atomic E-state index is 0.149. The normalized spacial score (nSPS) is 16.8. The molecule has 2 rings (SSSR count). The highest BCUT2D eigenvalue weighted by molar-refractivity contribution is 5.99. The number of hydrogen-bond donors (Lipinski definition) is 0. The van der Waals surface area contributed by atoms with Gasteiger partial charge in [0.2, 0.25) is 5.91 Å². The summed E-state index contributed by atoms with van der Waals surface area (Å²) in [6.07, 6.45) is 1.38. The second kappa shape index (κ2) is 3.05. The molecule has 1 amide bonds. The molecule has 1 fully saturated rings. The largest absolute Gasteiger partial charge is 0.285 e. The predicted octanol–water partition coefficient (Wildman–Crippen LogP) is 2.33. The number of para-hydroxylation sites is 1. The summed E-state index contributed by atoms with van der Waals surface area (Å²) in [6.45, 7) is 3.87. The van der Waals surface area contributed by atoms with Gasteiger partial charge in [0.25, 0.3) is 0 Å². The molecule has 2 heteroatoms. The SMILES string of the molecule is C=C1CCC(=O)N1c1ccccc1. The van der Waals surface area contributed by atoms with E-state index in [4.69, 9.17) is 0 Å². The Balaban J connectivity index is 2.36. The minimum absolute atomic E-state index is 0.149. The summed E-state index contributed by atoms with van der Waals surface area (Å²) in [6, 6.07) is 9.64. The van der Waals surface area contributed by atoms with Crippen LogP contribution in [0.25, 0.3) is 0 Å². The van der Waals surface area contributed by atoms with Gasteiger partial charge in [-0.3, -0.25) is 9.69 Å². The summed E-state index contributed by atoms with van der Waals surface area (Å²) in [5, 5.41) is 0. The van der Waals surface area contributed by atoms with Gasteiger partial charge in [-0.2, -0.15) is 0 Å². The van der Waals surface area contributed by atoms with Gasteiger partial charge < -0.3 is 0 Å². The molecule has 0 bridgehead atoms. The maximum absolute atomic E-state index is 11.5. The number of nitrogens with zero attached hydrogens (tertiary/aromatic N) is 1. The monoisotopic (exact) mass is 173 g/mol. The third kappa shape index (κ3) is 1.35. The first-order valence-corrected chi connectivity index (χ1v) is 4.35. The van der Waals surface area contributed by atoms with Gasteiger partial charge in [0.1, 0.15) is 0 Å². The van der Waals surface area contributed by atoms with Crippen LogP contribution < -0.4 is 4.90 Å². The fraction of sp³-hybridized carbons (Fsp3) is 0.182. The average Bonchev–Trinajstić information content (AvgIpc) is 2.48. The highest BCUT2D eigenvalue weighted by Gasteiger charge is 2.24. The summed E-state index contributed by atoms with van der Waals surface area (Å²) in [5.41, 5.74) is 1.83. The van der Waals surface area contributed by atoms with E-state index in [9.17, 15) is 4.79 Å². The zero-order valence-corrected chi connectivity index (χ0v) is 7.36. The molecule has 1 aliphatic heterocycles. The Kier molecular flexibility index (Phi) is 1.89. The maximum Gasteiger partial charge on any atom is 0.231 e. The molecule has 0 aromatic heterocycles. The van der Waals surface area contributed by atoms with E-state index in [0.29, 0.717) is 6.42 Å². The second-order valence-electron chi connectivity index (χ2n) is 3.13. The minimum Gasteiger partial charge on any atom is -0.285 e. The molecular weight excluding hydrogens is 162 g/mol. The lowest BCUT2D eigenvalue weighted by atomic mass is 10.3. The van der Waals surface area contributed by atoms with Crippen molar-refractivity contribution in [3.05, 3.63) is 42.6 Å². The molecule has 1 saturated heterocycles. The zero-order valence-electron chi connectivity index (χ0n) is 7.36. The smallest absolute Gasteiger partial charge is 0.231 e. The van der Waals surface area contributed by atoms with Crippen molar-refractivity contribution in [3.63, 3.8) is 0 Å². The molecule has 1 aromatic rings. The highest BCUT2D eigenvalue weighted by atomic mass is 16.2. The van der Waals surface area contributed by atoms with Crippen molar-refractivity contribution < 1.29 is 4.79 Å². The summed E-state index contributed by atoms with van der Waals surface area (Å²) in [5.74, 6) is 0.149. The fourth-order valence-corrected chi connectivity index (χ4v) is 1.55. The van der Waals surface area contributed by atoms with Crippen LogP contribution in [0.1, 0.15) is 12.8 Å². The lowest BCUT2D eigenvalue weighted by molar-refractivity contribution is -0.116. The van der Waals surface area contributed by atoms with Gasteiger partial charge in [0, 0.05) is 17.8 Å². The van der Waals surface area contributed by atoms with Gasteiger partial charge in [-0.1, -0.05) is 24.8 Å². The molecule has 0 aliphatic carbocycles. The van der Waals surface area contributed by atoms with Crippen LogP contribution in [-0.2, 0) is 4.79 Å². The van der Waals surface area contributed by atoms with Crippen LogP contribution in [0.3, 0.4) is 0 Å². The van der Waals surface area contributed by atoms with Crippen molar-refractivity contribution in [1.29, 1.82) is 0 Å². The maximum atomic E-state index is 11.5. The number of amides is 1. The van der Waals surface area contributed by atoms with E-state index in [2.05, 4.69) is 6.58 Å². The van der Waals surface area contributed by atoms with E-state index in [1.54, 1.807) is 4.90 Å². The number of rotatable bonds is 1. The first kappa shape index (κ1) is 8.05. The van der Waals surface area contributed by atoms with Crippen molar-refractivity contribution in [2.75, 3.05) is 4.90 Å². The molecule has 1 aliphatic rings. The molecular formula is C11H11NO. The molecule has 0 N–H and O–H groups in total. The van der Waals surface area contributed by atoms with Crippen LogP contribution in [0.4, 0.5) is 5.69 Å². The number of anilines is 1. The molecule has 0 spiro atoms. The summed E-state index contributed by atoms with van der Waals surface area (Å²) in [7, 11) is 0. The molecule has 13 heavy (non-hydrogen) atoms. The number of allylic oxidation sites excluding steroid dienone is 1. The van der Waals surface area contributed by atoms with Crippen molar-refractivity contribution in [2.24, 2.45) is 0 Å². The standard InChI is InChI=1S/C11H11NO/c1-9-7-8-11(13)12(9)10-5-3-2-4-6-10/h2-6H,1,7-8H2. The lowest BCUT2D eigenvalue weighted by Gasteiger charge is -2.16. The van der Waals surface area contributed by atoms with E-state index in [-0.39, 0.29) is 5.91 Å². The van der Waals surface area contributed by atoms with Gasteiger partial charge in [-0.05, 0) is 18.6 Å². The summed E-state index contributed by atoms with van der Waals surface area (Å²) in [4.78, 5) is 13.1. The number of carbonyl (C=O) groups is 1. The van der Waals surface area contributed by atoms with Crippen molar-refractivity contribution in [3.8, 4) is 0 Å². The first-order chi connectivity index (χ1) is 6.29. The third-order valence-electron chi connectivity index (χ3n) is 2.21. The summed E-state index contributed by atoms with van der Waals surface area (Å²) >= 11 is 0. The Morgan fingerprint density at radius 1 is 1.15 bits per heavy atom. The van der Waals surface area contributed by atoms with Crippen LogP contribution in [0.5, 0.6) is 0 Å². The predicted molar refractivity (Wildman–Crippen MR) is 52.3 cm³/mol. The van der Waals surface area contributed by atoms with Crippen LogP contribution in [0.15, 0.2) is 42.6 Å². The Morgan fingerprint density at radius 2 is 1.85 bits per heavy atom. The van der Waals surface area contributed by atoms with E-state index in [0.717, 1.165) is 17.8 Å². The molecule has 1 aromatic carbocycles. The Bertz CT molecular complexity index is 326. The van der Waals surface area contributed by atoms with Gasteiger partial charge in [0.15, 0.2) is 0 Å². The van der Waals surface area contributed by atoms with E-state index < -0.39 is 0 Å². The van der Waals surface area contributed by atoms with Crippen molar-refractivity contribution >= 4 is 11.6 Å². The van der Waals surface area contributed by atoms with Gasteiger partial charge in [-0.15, -0.1) is 0 Å². The Morgan fingerprint density at radius 3 is 2.38 bits per heavy atom. The third-order valence-corrected chi connectivity index (χ3v) is 2.21. The number of carbonyl (C=O) groups excluding carboxylic acids is 1. The lowest BCUT2D eigenvalue weighted by Crippen LogP contribution is -2.21. The second-order valence-corrected chi connectivity index (χ2v) is 3.13. The number of hydrogen-bond acceptors (Lipinski definition) is 1. The van der Waals surface area contributed by atoms with Gasteiger partial charge in [0.05, 0.1) is 0 Å². The topological polar surface area (TPSA) is 20.3 Å². The van der Waals surface area contributed by atoms with Crippen molar-refractivity contribution in [2.45, 2.75) is 12.8 Å². The molecule has 2 nitrogen and oxygen atoms in total. The highest BCUT2D eigenvalue weighted by Crippen LogP contribution is 2.27. The van der Waals surface area contributed by atoms with Crippen LogP contribution in [0, 0.1) is 0 Å². The van der Waals surface area contributed by atoms with E-state index >= 15 is 0 Å². The first-order valence-electron chi connectivity index (χ1n) is 4.35. The molecule has 66 valence electrons. The van der Waals surface area contributed by atoms with Gasteiger partial charge >= 0.3 is 0 Å². The Hall–Kier alpha value is -1.57. The van der Waals surface area contributed by atoms with E-state index in [1.165, 1.54) is 0 Å². The quantitative estimate of drug-likeness (QED) is 0.638. The molecule has 1 heterocycles. The fourth-order valence-electron chi connectivity index (χ4n) is 1.55. The van der Waals surface area contributed by atoms with Crippen molar-refractivity contribution in [1.82, 2.24) is 0 Å². The molecule has 0 unspecified atom stereocenters. The van der Waals surface area contributed by atoms with Crippen LogP contribution in [-0.4, -0.2) is 5.91 Å². The average molecular weight is 173 g/mol. The van der Waals surface area contributed by atoms with E-state index in [1.807, 2.05) is 30.3 Å². The molecule has 0 saturated carbocycles. The van der Waals surface area contributed by atoms with Gasteiger partial charge in [-0.25, -0.2) is 0 Å². The number of benzene rings is 1. The zero-order chi connectivity index (χ0) is 9.26. The van der Waals surface area contributed by atoms with Crippen LogP contribution in [0.2, 0.25) is 0 Å². The summed E-state index contributed by atoms with van der Waals surface area (Å²) < 4.78 is 0. The van der Waals surface area contributed by atoms with Crippen LogP contribution >= 0.6 is 0 Å². The molecule has 0 atom stereocenters.